The molecule has 0 amide bonds. The summed E-state index contributed by atoms with van der Waals surface area (Å²) in [6.45, 7) is 5.33. The van der Waals surface area contributed by atoms with Crippen molar-refractivity contribution in [2.24, 2.45) is 0 Å². The molecule has 1 saturated carbocycles. The van der Waals surface area contributed by atoms with Crippen LogP contribution in [-0.2, 0) is 0 Å². The summed E-state index contributed by atoms with van der Waals surface area (Å²) in [5.74, 6) is 1.09. The maximum Gasteiger partial charge on any atom is 0.277 e. The first kappa shape index (κ1) is 21.4. The quantitative estimate of drug-likeness (QED) is 0.602. The molecule has 166 valence electrons. The molecule has 2 aromatic heterocycles. The normalized spacial score (nSPS) is 14.8. The number of H-pyrrole nitrogens is 1. The van der Waals surface area contributed by atoms with Gasteiger partial charge in [-0.05, 0) is 38.8 Å². The van der Waals surface area contributed by atoms with Gasteiger partial charge in [0.1, 0.15) is 17.1 Å². The Balaban J connectivity index is 1.78. The lowest BCUT2D eigenvalue weighted by Gasteiger charge is -2.23. The number of ether oxygens (including phenoxy) is 1. The molecule has 3 aromatic rings. The van der Waals surface area contributed by atoms with E-state index in [0.717, 1.165) is 36.3 Å². The van der Waals surface area contributed by atoms with Gasteiger partial charge >= 0.3 is 0 Å². The number of aliphatic hydroxyl groups is 1. The first-order chi connectivity index (χ1) is 15.1. The highest BCUT2D eigenvalue weighted by molar-refractivity contribution is 5.80. The summed E-state index contributed by atoms with van der Waals surface area (Å²) in [4.78, 5) is 22.9. The minimum absolute atomic E-state index is 0.0771. The van der Waals surface area contributed by atoms with Crippen molar-refractivity contribution >= 4 is 16.7 Å². The van der Waals surface area contributed by atoms with Gasteiger partial charge in [-0.2, -0.15) is 5.10 Å². The van der Waals surface area contributed by atoms with Crippen molar-refractivity contribution < 1.29 is 9.84 Å². The Morgan fingerprint density at radius 3 is 2.74 bits per heavy atom. The van der Waals surface area contributed by atoms with E-state index in [0.29, 0.717) is 29.2 Å². The van der Waals surface area contributed by atoms with E-state index >= 15 is 0 Å². The number of nitrogens with one attached hydrogen (secondary N) is 1. The Hall–Kier alpha value is -2.87. The van der Waals surface area contributed by atoms with Crippen LogP contribution >= 0.6 is 0 Å². The third-order valence-corrected chi connectivity index (χ3v) is 6.20. The van der Waals surface area contributed by atoms with Gasteiger partial charge in [-0.3, -0.25) is 9.48 Å². The van der Waals surface area contributed by atoms with Gasteiger partial charge < -0.3 is 19.7 Å². The van der Waals surface area contributed by atoms with Crippen LogP contribution in [-0.4, -0.2) is 51.7 Å². The summed E-state index contributed by atoms with van der Waals surface area (Å²) in [6.07, 6.45) is 5.69. The smallest absolute Gasteiger partial charge is 0.277 e. The van der Waals surface area contributed by atoms with Gasteiger partial charge in [0.25, 0.3) is 5.56 Å². The van der Waals surface area contributed by atoms with Gasteiger partial charge in [-0.1, -0.05) is 19.3 Å². The van der Waals surface area contributed by atoms with Crippen molar-refractivity contribution in [1.29, 1.82) is 0 Å². The van der Waals surface area contributed by atoms with Crippen molar-refractivity contribution in [2.75, 3.05) is 31.7 Å². The Labute approximate surface area is 181 Å². The molecule has 8 heteroatoms. The largest absolute Gasteiger partial charge is 0.496 e. The predicted octanol–water partition coefficient (Wildman–Crippen LogP) is 3.43. The van der Waals surface area contributed by atoms with Crippen molar-refractivity contribution in [3.63, 3.8) is 0 Å². The van der Waals surface area contributed by atoms with Crippen LogP contribution in [0.3, 0.4) is 0 Å². The average molecular weight is 426 g/mol. The van der Waals surface area contributed by atoms with Crippen LogP contribution in [0.15, 0.2) is 23.0 Å². The molecule has 2 N–H and O–H groups in total. The van der Waals surface area contributed by atoms with Gasteiger partial charge in [-0.15, -0.1) is 0 Å². The second-order valence-electron chi connectivity index (χ2n) is 8.12. The summed E-state index contributed by atoms with van der Waals surface area (Å²) in [5, 5.41) is 14.0. The van der Waals surface area contributed by atoms with Gasteiger partial charge in [0.2, 0.25) is 0 Å². The lowest BCUT2D eigenvalue weighted by atomic mass is 9.95. The van der Waals surface area contributed by atoms with E-state index in [9.17, 15) is 9.90 Å². The number of aryl methyl sites for hydroxylation is 1. The average Bonchev–Trinajstić information content (AvgIpc) is 3.14. The summed E-state index contributed by atoms with van der Waals surface area (Å²) in [5.41, 5.74) is 3.46. The van der Waals surface area contributed by atoms with Crippen LogP contribution in [0.2, 0.25) is 0 Å². The molecule has 0 spiro atoms. The van der Waals surface area contributed by atoms with Crippen LogP contribution in [0.4, 0.5) is 5.69 Å². The SMILES string of the molecule is CCN(CCO)c1ccc(-c2nc3c(C)nn(C4CCCCC4)c3c(=O)[nH]2)c(OC)c1. The van der Waals surface area contributed by atoms with Crippen molar-refractivity contribution in [1.82, 2.24) is 19.7 Å². The number of hydrogen-bond donors (Lipinski definition) is 2. The molecule has 1 fully saturated rings. The summed E-state index contributed by atoms with van der Waals surface area (Å²) >= 11 is 0. The fourth-order valence-electron chi connectivity index (χ4n) is 4.57. The topological polar surface area (TPSA) is 96.3 Å². The van der Waals surface area contributed by atoms with Crippen LogP contribution in [0.25, 0.3) is 22.4 Å². The number of nitrogens with zero attached hydrogens (tertiary/aromatic N) is 4. The summed E-state index contributed by atoms with van der Waals surface area (Å²) in [6, 6.07) is 6.04. The second-order valence-corrected chi connectivity index (χ2v) is 8.12. The zero-order valence-electron chi connectivity index (χ0n) is 18.5. The molecule has 31 heavy (non-hydrogen) atoms. The summed E-state index contributed by atoms with van der Waals surface area (Å²) in [7, 11) is 1.61. The minimum Gasteiger partial charge on any atom is -0.496 e. The van der Waals surface area contributed by atoms with Gasteiger partial charge in [0.05, 0.1) is 31.0 Å². The third kappa shape index (κ3) is 4.04. The number of rotatable bonds is 7. The number of likely N-dealkylation sites (N-methyl/N-ethyl adjacent to an activating group) is 1. The van der Waals surface area contributed by atoms with Gasteiger partial charge in [-0.25, -0.2) is 4.98 Å². The van der Waals surface area contributed by atoms with E-state index in [-0.39, 0.29) is 18.2 Å². The Morgan fingerprint density at radius 2 is 2.06 bits per heavy atom. The fourth-order valence-corrected chi connectivity index (χ4v) is 4.57. The third-order valence-electron chi connectivity index (χ3n) is 6.20. The minimum atomic E-state index is -0.173. The van der Waals surface area contributed by atoms with Gasteiger partial charge in [0, 0.05) is 24.8 Å². The summed E-state index contributed by atoms with van der Waals surface area (Å²) < 4.78 is 7.52. The Morgan fingerprint density at radius 1 is 1.29 bits per heavy atom. The van der Waals surface area contributed by atoms with Crippen molar-refractivity contribution in [2.45, 2.75) is 52.0 Å². The number of hydrogen-bond acceptors (Lipinski definition) is 6. The van der Waals surface area contributed by atoms with E-state index in [2.05, 4.69) is 9.88 Å². The van der Waals surface area contributed by atoms with Crippen LogP contribution in [0.1, 0.15) is 50.8 Å². The number of aliphatic hydroxyl groups excluding tert-OH is 1. The van der Waals surface area contributed by atoms with Crippen molar-refractivity contribution in [3.05, 3.63) is 34.2 Å². The van der Waals surface area contributed by atoms with Crippen LogP contribution in [0, 0.1) is 6.92 Å². The molecule has 0 aliphatic heterocycles. The molecular weight excluding hydrogens is 394 g/mol. The fraction of sp³-hybridized carbons (Fsp3) is 0.522. The lowest BCUT2D eigenvalue weighted by molar-refractivity contribution is 0.302. The maximum absolute atomic E-state index is 13.1. The van der Waals surface area contributed by atoms with Gasteiger partial charge in [0.15, 0.2) is 5.52 Å². The van der Waals surface area contributed by atoms with E-state index in [1.54, 1.807) is 7.11 Å². The molecule has 4 rings (SSSR count). The molecule has 8 nitrogen and oxygen atoms in total. The molecule has 0 saturated heterocycles. The Kier molecular flexibility index (Phi) is 6.27. The molecule has 1 aliphatic carbocycles. The lowest BCUT2D eigenvalue weighted by Crippen LogP contribution is -2.26. The van der Waals surface area contributed by atoms with E-state index in [4.69, 9.17) is 14.8 Å². The zero-order valence-corrected chi connectivity index (χ0v) is 18.5. The highest BCUT2D eigenvalue weighted by Crippen LogP contribution is 2.33. The molecule has 1 aliphatic rings. The molecule has 0 bridgehead atoms. The highest BCUT2D eigenvalue weighted by atomic mass is 16.5. The molecular formula is C23H31N5O3. The van der Waals surface area contributed by atoms with Crippen LogP contribution in [0.5, 0.6) is 5.75 Å². The predicted molar refractivity (Wildman–Crippen MR) is 122 cm³/mol. The standard InChI is InChI=1S/C23H31N5O3/c1-4-27(12-13-29)17-10-11-18(19(14-17)31-3)22-24-20-15(2)26-28(21(20)23(30)25-22)16-8-6-5-7-9-16/h10-11,14,16,29H,4-9,12-13H2,1-3H3,(H,24,25,30). The van der Waals surface area contributed by atoms with E-state index < -0.39 is 0 Å². The maximum atomic E-state index is 13.1. The molecule has 1 aromatic carbocycles. The number of aromatic nitrogens is 4. The van der Waals surface area contributed by atoms with Crippen LogP contribution < -0.4 is 15.2 Å². The monoisotopic (exact) mass is 425 g/mol. The number of aromatic amines is 1. The highest BCUT2D eigenvalue weighted by Gasteiger charge is 2.23. The second kappa shape index (κ2) is 9.09. The zero-order chi connectivity index (χ0) is 22.0. The number of benzene rings is 1. The molecule has 0 unspecified atom stereocenters. The molecule has 0 radical (unpaired) electrons. The van der Waals surface area contributed by atoms with E-state index in [1.165, 1.54) is 19.3 Å². The molecule has 2 heterocycles. The van der Waals surface area contributed by atoms with Crippen molar-refractivity contribution in [3.8, 4) is 17.1 Å². The first-order valence-electron chi connectivity index (χ1n) is 11.1. The number of fused-ring (bicyclic) bond motifs is 1. The van der Waals surface area contributed by atoms with E-state index in [1.807, 2.05) is 36.7 Å². The number of anilines is 1. The Bertz CT molecular complexity index is 1110. The first-order valence-corrected chi connectivity index (χ1v) is 11.1. The number of methoxy groups -OCH3 is 1. The molecule has 0 atom stereocenters.